The van der Waals surface area contributed by atoms with E-state index >= 15 is 0 Å². The molecular formula is C17H20N4O2. The number of aromatic nitrogens is 2. The Balaban J connectivity index is 1.71. The van der Waals surface area contributed by atoms with Crippen molar-refractivity contribution in [3.05, 3.63) is 54.0 Å². The number of carbonyl (C=O) groups excluding carboxylic acids is 1. The monoisotopic (exact) mass is 312 g/mol. The van der Waals surface area contributed by atoms with E-state index in [0.29, 0.717) is 17.3 Å². The number of nitrogens with two attached hydrogens (primary N) is 1. The van der Waals surface area contributed by atoms with E-state index in [2.05, 4.69) is 15.3 Å². The molecule has 1 aliphatic carbocycles. The molecule has 120 valence electrons. The van der Waals surface area contributed by atoms with Crippen molar-refractivity contribution < 1.29 is 9.90 Å². The largest absolute Gasteiger partial charge is 0.393 e. The fraction of sp³-hybridized carbons (Fsp3) is 0.353. The minimum atomic E-state index is -0.490. The molecule has 1 aliphatic rings. The molecule has 1 unspecified atom stereocenters. The van der Waals surface area contributed by atoms with Crippen molar-refractivity contribution >= 4 is 11.7 Å². The Morgan fingerprint density at radius 3 is 2.70 bits per heavy atom. The first kappa shape index (κ1) is 15.4. The zero-order valence-electron chi connectivity index (χ0n) is 12.7. The molecule has 0 aromatic carbocycles. The molecule has 1 atom stereocenters. The fourth-order valence-corrected chi connectivity index (χ4v) is 2.85. The Labute approximate surface area is 134 Å². The molecule has 1 amide bonds. The molecule has 2 aromatic heterocycles. The van der Waals surface area contributed by atoms with Crippen LogP contribution in [0.15, 0.2) is 42.7 Å². The minimum absolute atomic E-state index is 0.139. The van der Waals surface area contributed by atoms with Crippen molar-refractivity contribution in [3.8, 4) is 0 Å². The molecule has 0 spiro atoms. The van der Waals surface area contributed by atoms with Crippen molar-refractivity contribution in [2.24, 2.45) is 11.7 Å². The van der Waals surface area contributed by atoms with Crippen molar-refractivity contribution in [1.82, 2.24) is 9.97 Å². The molecule has 1 saturated carbocycles. The van der Waals surface area contributed by atoms with Gasteiger partial charge in [0.2, 0.25) is 5.91 Å². The molecule has 3 rings (SSSR count). The van der Waals surface area contributed by atoms with E-state index in [1.54, 1.807) is 18.3 Å². The Hall–Kier alpha value is -2.47. The molecule has 6 heteroatoms. The highest BCUT2D eigenvalue weighted by molar-refractivity contribution is 5.92. The first-order valence-corrected chi connectivity index (χ1v) is 7.72. The van der Waals surface area contributed by atoms with Gasteiger partial charge in [-0.1, -0.05) is 6.07 Å². The summed E-state index contributed by atoms with van der Waals surface area (Å²) in [5.41, 5.74) is 6.61. The number of nitrogens with zero attached hydrogens (tertiary/aromatic N) is 2. The second-order valence-corrected chi connectivity index (χ2v) is 5.96. The van der Waals surface area contributed by atoms with Gasteiger partial charge in [0.05, 0.1) is 11.7 Å². The number of carbonyl (C=O) groups is 1. The van der Waals surface area contributed by atoms with Crippen LogP contribution >= 0.6 is 0 Å². The first-order chi connectivity index (χ1) is 11.1. The average Bonchev–Trinajstić information content (AvgIpc) is 2.53. The van der Waals surface area contributed by atoms with Crippen LogP contribution in [0.1, 0.15) is 28.9 Å². The fourth-order valence-electron chi connectivity index (χ4n) is 2.85. The number of amides is 1. The van der Waals surface area contributed by atoms with E-state index in [9.17, 15) is 9.90 Å². The van der Waals surface area contributed by atoms with E-state index in [-0.39, 0.29) is 12.1 Å². The second-order valence-electron chi connectivity index (χ2n) is 5.96. The van der Waals surface area contributed by atoms with Gasteiger partial charge < -0.3 is 16.2 Å². The zero-order valence-corrected chi connectivity index (χ0v) is 12.7. The number of aliphatic hydroxyl groups is 1. The Morgan fingerprint density at radius 1 is 1.30 bits per heavy atom. The van der Waals surface area contributed by atoms with Gasteiger partial charge in [0, 0.05) is 30.6 Å². The van der Waals surface area contributed by atoms with E-state index in [4.69, 9.17) is 5.73 Å². The van der Waals surface area contributed by atoms with Crippen LogP contribution in [0.4, 0.5) is 5.82 Å². The third kappa shape index (κ3) is 3.84. The van der Waals surface area contributed by atoms with Gasteiger partial charge in [-0.25, -0.2) is 4.98 Å². The van der Waals surface area contributed by atoms with Gasteiger partial charge in [-0.15, -0.1) is 0 Å². The van der Waals surface area contributed by atoms with Crippen LogP contribution in [-0.4, -0.2) is 33.1 Å². The quantitative estimate of drug-likeness (QED) is 0.748. The number of hydrogen-bond donors (Lipinski definition) is 3. The average molecular weight is 312 g/mol. The number of primary amides is 1. The molecule has 2 heterocycles. The van der Waals surface area contributed by atoms with Crippen molar-refractivity contribution in [3.63, 3.8) is 0 Å². The second kappa shape index (κ2) is 6.75. The van der Waals surface area contributed by atoms with Gasteiger partial charge in [0.1, 0.15) is 5.82 Å². The predicted octanol–water partition coefficient (Wildman–Crippen LogP) is 1.37. The molecule has 0 saturated heterocycles. The van der Waals surface area contributed by atoms with Crippen LogP contribution < -0.4 is 11.1 Å². The highest BCUT2D eigenvalue weighted by Crippen LogP contribution is 2.33. The summed E-state index contributed by atoms with van der Waals surface area (Å²) in [5.74, 6) is 0.582. The van der Waals surface area contributed by atoms with Gasteiger partial charge >= 0.3 is 0 Å². The molecule has 4 N–H and O–H groups in total. The third-order valence-electron chi connectivity index (χ3n) is 4.26. The van der Waals surface area contributed by atoms with Crippen molar-refractivity contribution in [2.45, 2.75) is 31.4 Å². The van der Waals surface area contributed by atoms with E-state index in [0.717, 1.165) is 25.0 Å². The van der Waals surface area contributed by atoms with Crippen LogP contribution in [0, 0.1) is 5.92 Å². The summed E-state index contributed by atoms with van der Waals surface area (Å²) in [6, 6.07) is 9.40. The number of pyridine rings is 2. The van der Waals surface area contributed by atoms with E-state index in [1.165, 1.54) is 6.20 Å². The SMILES string of the molecule is NC(=O)c1ccc(NC(Cc2ccccn2)C2CC(O)C2)nc1. The number of anilines is 1. The number of rotatable bonds is 6. The summed E-state index contributed by atoms with van der Waals surface area (Å²) in [4.78, 5) is 19.7. The van der Waals surface area contributed by atoms with Crippen LogP contribution in [0.25, 0.3) is 0 Å². The number of hydrogen-bond acceptors (Lipinski definition) is 5. The summed E-state index contributed by atoms with van der Waals surface area (Å²) in [6.07, 6.45) is 5.36. The maximum Gasteiger partial charge on any atom is 0.250 e. The number of aliphatic hydroxyl groups excluding tert-OH is 1. The van der Waals surface area contributed by atoms with E-state index in [1.807, 2.05) is 18.2 Å². The number of nitrogens with one attached hydrogen (secondary N) is 1. The van der Waals surface area contributed by atoms with Crippen molar-refractivity contribution in [2.75, 3.05) is 5.32 Å². The standard InChI is InChI=1S/C17H20N4O2/c18-17(23)11-4-5-16(20-10-11)21-15(12-7-14(22)8-12)9-13-3-1-2-6-19-13/h1-6,10,12,14-15,22H,7-9H2,(H2,18,23)(H,20,21). The summed E-state index contributed by atoms with van der Waals surface area (Å²) in [6.45, 7) is 0. The molecular weight excluding hydrogens is 292 g/mol. The van der Waals surface area contributed by atoms with Gasteiger partial charge in [-0.05, 0) is 43.0 Å². The third-order valence-corrected chi connectivity index (χ3v) is 4.26. The molecule has 0 radical (unpaired) electrons. The smallest absolute Gasteiger partial charge is 0.250 e. The summed E-state index contributed by atoms with van der Waals surface area (Å²) in [5, 5.41) is 13.0. The van der Waals surface area contributed by atoms with Gasteiger partial charge in [0.15, 0.2) is 0 Å². The zero-order chi connectivity index (χ0) is 16.2. The lowest BCUT2D eigenvalue weighted by Crippen LogP contribution is -2.42. The van der Waals surface area contributed by atoms with Gasteiger partial charge in [-0.3, -0.25) is 9.78 Å². The Morgan fingerprint density at radius 2 is 2.13 bits per heavy atom. The highest BCUT2D eigenvalue weighted by Gasteiger charge is 2.34. The maximum atomic E-state index is 11.1. The summed E-state index contributed by atoms with van der Waals surface area (Å²) in [7, 11) is 0. The highest BCUT2D eigenvalue weighted by atomic mass is 16.3. The van der Waals surface area contributed by atoms with Crippen LogP contribution in [0.5, 0.6) is 0 Å². The van der Waals surface area contributed by atoms with Gasteiger partial charge in [0.25, 0.3) is 0 Å². The Kier molecular flexibility index (Phi) is 4.52. The molecule has 0 bridgehead atoms. The lowest BCUT2D eigenvalue weighted by molar-refractivity contribution is 0.0340. The molecule has 6 nitrogen and oxygen atoms in total. The summed E-state index contributed by atoms with van der Waals surface area (Å²) >= 11 is 0. The normalized spacial score (nSPS) is 21.3. The minimum Gasteiger partial charge on any atom is -0.393 e. The maximum absolute atomic E-state index is 11.1. The van der Waals surface area contributed by atoms with Gasteiger partial charge in [-0.2, -0.15) is 0 Å². The van der Waals surface area contributed by atoms with E-state index < -0.39 is 5.91 Å². The Bertz CT molecular complexity index is 654. The van der Waals surface area contributed by atoms with Crippen molar-refractivity contribution in [1.29, 1.82) is 0 Å². The lowest BCUT2D eigenvalue weighted by Gasteiger charge is -2.38. The lowest BCUT2D eigenvalue weighted by atomic mass is 9.76. The molecule has 1 fully saturated rings. The summed E-state index contributed by atoms with van der Waals surface area (Å²) < 4.78 is 0. The van der Waals surface area contributed by atoms with Crippen LogP contribution in [-0.2, 0) is 6.42 Å². The van der Waals surface area contributed by atoms with Crippen LogP contribution in [0.3, 0.4) is 0 Å². The van der Waals surface area contributed by atoms with Crippen LogP contribution in [0.2, 0.25) is 0 Å². The molecule has 23 heavy (non-hydrogen) atoms. The topological polar surface area (TPSA) is 101 Å². The molecule has 0 aliphatic heterocycles. The first-order valence-electron chi connectivity index (χ1n) is 7.72. The molecule has 2 aromatic rings. The predicted molar refractivity (Wildman–Crippen MR) is 86.8 cm³/mol.